The van der Waals surface area contributed by atoms with Crippen molar-refractivity contribution in [3.05, 3.63) is 47.3 Å². The minimum Gasteiger partial charge on any atom is -0.384 e. The molecule has 2 saturated heterocycles. The highest BCUT2D eigenvalue weighted by Crippen LogP contribution is 2.32. The molecule has 3 aromatic rings. The van der Waals surface area contributed by atoms with Gasteiger partial charge in [0.1, 0.15) is 0 Å². The van der Waals surface area contributed by atoms with Gasteiger partial charge in [0.15, 0.2) is 0 Å². The third kappa shape index (κ3) is 5.66. The van der Waals surface area contributed by atoms with E-state index in [0.29, 0.717) is 0 Å². The lowest BCUT2D eigenvalue weighted by Gasteiger charge is -2.26. The van der Waals surface area contributed by atoms with Gasteiger partial charge >= 0.3 is 0 Å². The van der Waals surface area contributed by atoms with Gasteiger partial charge in [0.25, 0.3) is 0 Å². The van der Waals surface area contributed by atoms with Gasteiger partial charge < -0.3 is 10.2 Å². The van der Waals surface area contributed by atoms with Crippen LogP contribution in [0.5, 0.6) is 0 Å². The SMILES string of the molecule is c1cc2nc(-c3ccc(CN4CCSCC4)cc3)cc(NCCCN3CCCCC3)c2s1. The lowest BCUT2D eigenvalue weighted by molar-refractivity contribution is 0.228. The fourth-order valence-corrected chi connectivity index (χ4v) is 6.55. The van der Waals surface area contributed by atoms with E-state index in [1.807, 2.05) is 0 Å². The zero-order valence-electron chi connectivity index (χ0n) is 18.9. The van der Waals surface area contributed by atoms with E-state index in [1.165, 1.54) is 91.4 Å². The highest BCUT2D eigenvalue weighted by Gasteiger charge is 2.13. The first-order chi connectivity index (χ1) is 15.8. The Bertz CT molecular complexity index is 989. The van der Waals surface area contributed by atoms with Crippen LogP contribution >= 0.6 is 23.1 Å². The number of thioether (sulfide) groups is 1. The zero-order valence-corrected chi connectivity index (χ0v) is 20.5. The van der Waals surface area contributed by atoms with Crippen LogP contribution in [-0.4, -0.2) is 65.6 Å². The Labute approximate surface area is 200 Å². The summed E-state index contributed by atoms with van der Waals surface area (Å²) in [4.78, 5) is 10.1. The fourth-order valence-electron chi connectivity index (χ4n) is 4.74. The van der Waals surface area contributed by atoms with Crippen LogP contribution in [0.2, 0.25) is 0 Å². The molecule has 6 heteroatoms. The van der Waals surface area contributed by atoms with Crippen molar-refractivity contribution >= 4 is 39.0 Å². The molecule has 0 radical (unpaired) electrons. The highest BCUT2D eigenvalue weighted by atomic mass is 32.2. The average Bonchev–Trinajstić information content (AvgIpc) is 3.33. The summed E-state index contributed by atoms with van der Waals surface area (Å²) in [6, 6.07) is 13.4. The van der Waals surface area contributed by atoms with Crippen LogP contribution in [0.4, 0.5) is 5.69 Å². The largest absolute Gasteiger partial charge is 0.384 e. The van der Waals surface area contributed by atoms with Crippen LogP contribution in [0.15, 0.2) is 41.8 Å². The zero-order chi connectivity index (χ0) is 21.6. The van der Waals surface area contributed by atoms with Gasteiger partial charge in [-0.2, -0.15) is 11.8 Å². The van der Waals surface area contributed by atoms with Gasteiger partial charge in [0.2, 0.25) is 0 Å². The van der Waals surface area contributed by atoms with Gasteiger partial charge in [-0.25, -0.2) is 4.98 Å². The maximum absolute atomic E-state index is 4.96. The maximum atomic E-state index is 4.96. The quantitative estimate of drug-likeness (QED) is 0.424. The summed E-state index contributed by atoms with van der Waals surface area (Å²) in [7, 11) is 0. The number of rotatable bonds is 8. The lowest BCUT2D eigenvalue weighted by Crippen LogP contribution is -2.31. The number of benzene rings is 1. The smallest absolute Gasteiger partial charge is 0.0838 e. The fraction of sp³-hybridized carbons (Fsp3) is 0.500. The molecule has 0 spiro atoms. The van der Waals surface area contributed by atoms with Crippen molar-refractivity contribution in [2.45, 2.75) is 32.2 Å². The monoisotopic (exact) mass is 466 g/mol. The van der Waals surface area contributed by atoms with Crippen LogP contribution in [0, 0.1) is 0 Å². The number of hydrogen-bond donors (Lipinski definition) is 1. The van der Waals surface area contributed by atoms with E-state index in [1.54, 1.807) is 11.3 Å². The van der Waals surface area contributed by atoms with Crippen molar-refractivity contribution in [2.75, 3.05) is 56.1 Å². The summed E-state index contributed by atoms with van der Waals surface area (Å²) in [5.74, 6) is 2.52. The minimum absolute atomic E-state index is 1.01. The highest BCUT2D eigenvalue weighted by molar-refractivity contribution is 7.99. The number of thiophene rings is 1. The first-order valence-corrected chi connectivity index (χ1v) is 14.1. The van der Waals surface area contributed by atoms with E-state index in [-0.39, 0.29) is 0 Å². The molecule has 2 aliphatic heterocycles. The van der Waals surface area contributed by atoms with Crippen molar-refractivity contribution in [3.8, 4) is 11.3 Å². The number of aromatic nitrogens is 1. The Balaban J connectivity index is 1.24. The molecule has 2 aliphatic rings. The van der Waals surface area contributed by atoms with Crippen molar-refractivity contribution in [2.24, 2.45) is 0 Å². The standard InChI is InChI=1S/C26H34N4S2/c1-2-11-29(12-3-1)13-4-10-27-25-19-24(28-23-9-16-32-26(23)25)22-7-5-21(6-8-22)20-30-14-17-31-18-15-30/h5-9,16,19H,1-4,10-15,17-18,20H2,(H,27,28). The van der Waals surface area contributed by atoms with Crippen molar-refractivity contribution < 1.29 is 0 Å². The van der Waals surface area contributed by atoms with Crippen molar-refractivity contribution in [3.63, 3.8) is 0 Å². The molecule has 2 fully saturated rings. The predicted octanol–water partition coefficient (Wildman–Crippen LogP) is 5.80. The molecule has 0 bridgehead atoms. The molecule has 0 aliphatic carbocycles. The number of piperidine rings is 1. The summed E-state index contributed by atoms with van der Waals surface area (Å²) < 4.78 is 1.27. The van der Waals surface area contributed by atoms with E-state index in [9.17, 15) is 0 Å². The number of nitrogens with zero attached hydrogens (tertiary/aromatic N) is 3. The van der Waals surface area contributed by atoms with Gasteiger partial charge in [0.05, 0.1) is 21.6 Å². The summed E-state index contributed by atoms with van der Waals surface area (Å²) in [6.07, 6.45) is 5.33. The molecule has 5 rings (SSSR count). The molecule has 1 N–H and O–H groups in total. The minimum atomic E-state index is 1.01. The number of pyridine rings is 1. The molecule has 0 amide bonds. The van der Waals surface area contributed by atoms with Gasteiger partial charge in [-0.15, -0.1) is 11.3 Å². The molecule has 1 aromatic carbocycles. The van der Waals surface area contributed by atoms with Crippen LogP contribution in [0.1, 0.15) is 31.2 Å². The van der Waals surface area contributed by atoms with E-state index in [4.69, 9.17) is 4.98 Å². The number of fused-ring (bicyclic) bond motifs is 1. The van der Waals surface area contributed by atoms with E-state index in [0.717, 1.165) is 24.3 Å². The molecular formula is C26H34N4S2. The number of likely N-dealkylation sites (tertiary alicyclic amines) is 1. The van der Waals surface area contributed by atoms with Gasteiger partial charge in [0, 0.05) is 43.2 Å². The van der Waals surface area contributed by atoms with Crippen molar-refractivity contribution in [1.82, 2.24) is 14.8 Å². The second-order valence-electron chi connectivity index (χ2n) is 8.96. The van der Waals surface area contributed by atoms with Crippen LogP contribution in [0.25, 0.3) is 21.5 Å². The summed E-state index contributed by atoms with van der Waals surface area (Å²) in [5, 5.41) is 5.88. The van der Waals surface area contributed by atoms with Gasteiger partial charge in [-0.05, 0) is 62.0 Å². The normalized spacial score (nSPS) is 18.2. The average molecular weight is 467 g/mol. The molecule has 0 atom stereocenters. The molecule has 4 nitrogen and oxygen atoms in total. The Morgan fingerprint density at radius 2 is 1.72 bits per heavy atom. The number of hydrogen-bond acceptors (Lipinski definition) is 6. The third-order valence-corrected chi connectivity index (χ3v) is 8.47. The Hall–Kier alpha value is -1.60. The van der Waals surface area contributed by atoms with Crippen LogP contribution < -0.4 is 5.32 Å². The molecule has 0 saturated carbocycles. The lowest BCUT2D eigenvalue weighted by atomic mass is 10.1. The Morgan fingerprint density at radius 3 is 2.53 bits per heavy atom. The van der Waals surface area contributed by atoms with E-state index in [2.05, 4.69) is 68.7 Å². The van der Waals surface area contributed by atoms with Gasteiger partial charge in [-0.1, -0.05) is 30.7 Å². The summed E-state index contributed by atoms with van der Waals surface area (Å²) in [5.41, 5.74) is 5.99. The van der Waals surface area contributed by atoms with Crippen molar-refractivity contribution in [1.29, 1.82) is 0 Å². The first-order valence-electron chi connectivity index (χ1n) is 12.1. The molecular weight excluding hydrogens is 432 g/mol. The van der Waals surface area contributed by atoms with E-state index < -0.39 is 0 Å². The maximum Gasteiger partial charge on any atom is 0.0838 e. The number of nitrogens with one attached hydrogen (secondary N) is 1. The second kappa shape index (κ2) is 11.0. The van der Waals surface area contributed by atoms with Crippen LogP contribution in [-0.2, 0) is 6.54 Å². The summed E-state index contributed by atoms with van der Waals surface area (Å²) >= 11 is 3.85. The van der Waals surface area contributed by atoms with Gasteiger partial charge in [-0.3, -0.25) is 4.90 Å². The Morgan fingerprint density at radius 1 is 0.906 bits per heavy atom. The predicted molar refractivity (Wildman–Crippen MR) is 141 cm³/mol. The topological polar surface area (TPSA) is 31.4 Å². The third-order valence-electron chi connectivity index (χ3n) is 6.59. The number of anilines is 1. The first kappa shape index (κ1) is 22.2. The molecule has 4 heterocycles. The summed E-state index contributed by atoms with van der Waals surface area (Å²) in [6.45, 7) is 8.24. The molecule has 32 heavy (non-hydrogen) atoms. The second-order valence-corrected chi connectivity index (χ2v) is 11.1. The van der Waals surface area contributed by atoms with E-state index >= 15 is 0 Å². The molecule has 2 aromatic heterocycles. The Kier molecular flexibility index (Phi) is 7.64. The molecule has 170 valence electrons. The molecule has 0 unspecified atom stereocenters. The van der Waals surface area contributed by atoms with Crippen LogP contribution in [0.3, 0.4) is 0 Å².